The minimum Gasteiger partial charge on any atom is -0.374 e. The van der Waals surface area contributed by atoms with E-state index in [1.54, 1.807) is 18.4 Å². The molecule has 1 rings (SSSR count). The molecule has 1 N–H and O–H groups in total. The summed E-state index contributed by atoms with van der Waals surface area (Å²) in [7, 11) is 3.76. The van der Waals surface area contributed by atoms with Gasteiger partial charge in [0, 0.05) is 18.5 Å². The SMILES string of the molecule is CCCc1nc(C(CCC)OC)sc1CNC. The van der Waals surface area contributed by atoms with Gasteiger partial charge in [0.05, 0.1) is 5.69 Å². The fourth-order valence-electron chi connectivity index (χ4n) is 1.88. The molecule has 0 aliphatic carbocycles. The number of aromatic nitrogens is 1. The van der Waals surface area contributed by atoms with E-state index in [4.69, 9.17) is 9.72 Å². The summed E-state index contributed by atoms with van der Waals surface area (Å²) in [5, 5.41) is 4.36. The maximum atomic E-state index is 5.53. The molecule has 98 valence electrons. The van der Waals surface area contributed by atoms with Crippen LogP contribution in [0.3, 0.4) is 0 Å². The van der Waals surface area contributed by atoms with Crippen LogP contribution in [0.25, 0.3) is 0 Å². The maximum Gasteiger partial charge on any atom is 0.122 e. The van der Waals surface area contributed by atoms with Crippen molar-refractivity contribution in [3.05, 3.63) is 15.6 Å². The average Bonchev–Trinajstić information content (AvgIpc) is 2.70. The van der Waals surface area contributed by atoms with Crippen molar-refractivity contribution in [3.8, 4) is 0 Å². The van der Waals surface area contributed by atoms with Crippen LogP contribution in [0.5, 0.6) is 0 Å². The molecule has 0 saturated carbocycles. The number of hydrogen-bond donors (Lipinski definition) is 1. The predicted molar refractivity (Wildman–Crippen MR) is 73.5 cm³/mol. The van der Waals surface area contributed by atoms with Crippen molar-refractivity contribution < 1.29 is 4.74 Å². The maximum absolute atomic E-state index is 5.53. The minimum atomic E-state index is 0.172. The highest BCUT2D eigenvalue weighted by Crippen LogP contribution is 2.29. The van der Waals surface area contributed by atoms with E-state index in [1.165, 1.54) is 10.6 Å². The Kier molecular flexibility index (Phi) is 6.70. The third-order valence-electron chi connectivity index (χ3n) is 2.73. The van der Waals surface area contributed by atoms with Gasteiger partial charge in [-0.2, -0.15) is 0 Å². The number of nitrogens with zero attached hydrogens (tertiary/aromatic N) is 1. The van der Waals surface area contributed by atoms with Crippen LogP contribution in [0.15, 0.2) is 0 Å². The Morgan fingerprint density at radius 2 is 2.12 bits per heavy atom. The van der Waals surface area contributed by atoms with Gasteiger partial charge in [-0.3, -0.25) is 0 Å². The molecule has 17 heavy (non-hydrogen) atoms. The van der Waals surface area contributed by atoms with E-state index in [1.807, 2.05) is 7.05 Å². The molecule has 0 bridgehead atoms. The normalized spacial score (nSPS) is 12.9. The first-order chi connectivity index (χ1) is 8.26. The molecule has 0 aliphatic rings. The standard InChI is InChI=1S/C13H24N2OS/c1-5-7-10-12(9-14-3)17-13(15-10)11(16-4)8-6-2/h11,14H,5-9H2,1-4H3. The molecule has 1 aromatic rings. The number of aryl methyl sites for hydroxylation is 1. The first-order valence-electron chi connectivity index (χ1n) is 6.42. The summed E-state index contributed by atoms with van der Waals surface area (Å²) in [5.41, 5.74) is 1.25. The van der Waals surface area contributed by atoms with Gasteiger partial charge < -0.3 is 10.1 Å². The molecule has 1 aromatic heterocycles. The highest BCUT2D eigenvalue weighted by atomic mass is 32.1. The number of thiazole rings is 1. The molecule has 3 nitrogen and oxygen atoms in total. The van der Waals surface area contributed by atoms with Crippen LogP contribution in [0.1, 0.15) is 54.8 Å². The summed E-state index contributed by atoms with van der Waals surface area (Å²) in [6, 6.07) is 0. The monoisotopic (exact) mass is 256 g/mol. The lowest BCUT2D eigenvalue weighted by molar-refractivity contribution is 0.0946. The number of rotatable bonds is 8. The summed E-state index contributed by atoms with van der Waals surface area (Å²) >= 11 is 1.80. The molecule has 1 heterocycles. The van der Waals surface area contributed by atoms with Crippen LogP contribution in [-0.4, -0.2) is 19.1 Å². The molecule has 4 heteroatoms. The zero-order valence-corrected chi connectivity index (χ0v) is 12.2. The second-order valence-electron chi connectivity index (χ2n) is 4.22. The Morgan fingerprint density at radius 3 is 2.65 bits per heavy atom. The molecule has 0 aromatic carbocycles. The van der Waals surface area contributed by atoms with Crippen LogP contribution in [0.2, 0.25) is 0 Å². The van der Waals surface area contributed by atoms with Crippen molar-refractivity contribution in [1.82, 2.24) is 10.3 Å². The van der Waals surface area contributed by atoms with E-state index in [0.29, 0.717) is 0 Å². The molecule has 0 saturated heterocycles. The number of ether oxygens (including phenoxy) is 1. The predicted octanol–water partition coefficient (Wildman–Crippen LogP) is 3.30. The lowest BCUT2D eigenvalue weighted by Crippen LogP contribution is -2.05. The first kappa shape index (κ1) is 14.6. The van der Waals surface area contributed by atoms with Gasteiger partial charge in [-0.1, -0.05) is 26.7 Å². The van der Waals surface area contributed by atoms with E-state index in [0.717, 1.165) is 37.2 Å². The molecule has 0 fully saturated rings. The summed E-state index contributed by atoms with van der Waals surface area (Å²) in [5.74, 6) is 0. The third kappa shape index (κ3) is 4.05. The zero-order chi connectivity index (χ0) is 12.7. The fourth-order valence-corrected chi connectivity index (χ4v) is 3.11. The van der Waals surface area contributed by atoms with Crippen molar-refractivity contribution in [2.24, 2.45) is 0 Å². The summed E-state index contributed by atoms with van der Waals surface area (Å²) in [4.78, 5) is 6.13. The van der Waals surface area contributed by atoms with Gasteiger partial charge in [0.25, 0.3) is 0 Å². The zero-order valence-electron chi connectivity index (χ0n) is 11.4. The van der Waals surface area contributed by atoms with Gasteiger partial charge in [0.15, 0.2) is 0 Å². The average molecular weight is 256 g/mol. The lowest BCUT2D eigenvalue weighted by Gasteiger charge is -2.10. The van der Waals surface area contributed by atoms with Gasteiger partial charge in [0.1, 0.15) is 11.1 Å². The van der Waals surface area contributed by atoms with Gasteiger partial charge in [-0.25, -0.2) is 4.98 Å². The van der Waals surface area contributed by atoms with E-state index in [-0.39, 0.29) is 6.10 Å². The summed E-state index contributed by atoms with van der Waals surface area (Å²) in [6.07, 6.45) is 4.56. The molecule has 0 radical (unpaired) electrons. The number of nitrogens with one attached hydrogen (secondary N) is 1. The minimum absolute atomic E-state index is 0.172. The van der Waals surface area contributed by atoms with Crippen LogP contribution in [-0.2, 0) is 17.7 Å². The van der Waals surface area contributed by atoms with Crippen LogP contribution < -0.4 is 5.32 Å². The van der Waals surface area contributed by atoms with Gasteiger partial charge in [0.2, 0.25) is 0 Å². The van der Waals surface area contributed by atoms with Crippen molar-refractivity contribution in [2.45, 2.75) is 52.2 Å². The van der Waals surface area contributed by atoms with Crippen molar-refractivity contribution in [3.63, 3.8) is 0 Å². The smallest absolute Gasteiger partial charge is 0.122 e. The van der Waals surface area contributed by atoms with Crippen molar-refractivity contribution in [2.75, 3.05) is 14.2 Å². The molecule has 0 spiro atoms. The second kappa shape index (κ2) is 7.80. The highest BCUT2D eigenvalue weighted by molar-refractivity contribution is 7.11. The number of hydrogen-bond acceptors (Lipinski definition) is 4. The Labute approximate surface area is 109 Å². The van der Waals surface area contributed by atoms with Crippen molar-refractivity contribution >= 4 is 11.3 Å². The van der Waals surface area contributed by atoms with Gasteiger partial charge in [-0.15, -0.1) is 11.3 Å². The van der Waals surface area contributed by atoms with E-state index < -0.39 is 0 Å². The van der Waals surface area contributed by atoms with E-state index >= 15 is 0 Å². The molecular weight excluding hydrogens is 232 g/mol. The van der Waals surface area contributed by atoms with Crippen LogP contribution >= 0.6 is 11.3 Å². The fraction of sp³-hybridized carbons (Fsp3) is 0.769. The molecule has 0 aliphatic heterocycles. The summed E-state index contributed by atoms with van der Waals surface area (Å²) in [6.45, 7) is 5.29. The van der Waals surface area contributed by atoms with Crippen LogP contribution in [0, 0.1) is 0 Å². The Bertz CT molecular complexity index is 302. The lowest BCUT2D eigenvalue weighted by atomic mass is 10.2. The Morgan fingerprint density at radius 1 is 1.35 bits per heavy atom. The summed E-state index contributed by atoms with van der Waals surface area (Å²) < 4.78 is 5.53. The van der Waals surface area contributed by atoms with Crippen molar-refractivity contribution in [1.29, 1.82) is 0 Å². The second-order valence-corrected chi connectivity index (χ2v) is 5.33. The molecule has 1 atom stereocenters. The largest absolute Gasteiger partial charge is 0.374 e. The van der Waals surface area contributed by atoms with E-state index in [2.05, 4.69) is 19.2 Å². The Balaban J connectivity index is 2.88. The van der Waals surface area contributed by atoms with Gasteiger partial charge in [-0.05, 0) is 19.9 Å². The van der Waals surface area contributed by atoms with Gasteiger partial charge >= 0.3 is 0 Å². The Hall–Kier alpha value is -0.450. The highest BCUT2D eigenvalue weighted by Gasteiger charge is 2.17. The molecular formula is C13H24N2OS. The quantitative estimate of drug-likeness (QED) is 0.775. The topological polar surface area (TPSA) is 34.1 Å². The number of methoxy groups -OCH3 is 1. The molecule has 1 unspecified atom stereocenters. The van der Waals surface area contributed by atoms with E-state index in [9.17, 15) is 0 Å². The first-order valence-corrected chi connectivity index (χ1v) is 7.24. The van der Waals surface area contributed by atoms with Crippen LogP contribution in [0.4, 0.5) is 0 Å². The molecule has 0 amide bonds. The third-order valence-corrected chi connectivity index (χ3v) is 3.92.